The van der Waals surface area contributed by atoms with Gasteiger partial charge in [0.15, 0.2) is 0 Å². The zero-order valence-corrected chi connectivity index (χ0v) is 14.0. The van der Waals surface area contributed by atoms with E-state index in [-0.39, 0.29) is 19.7 Å². The third-order valence-corrected chi connectivity index (χ3v) is 3.71. The summed E-state index contributed by atoms with van der Waals surface area (Å²) in [7, 11) is 0. The second kappa shape index (κ2) is 8.26. The van der Waals surface area contributed by atoms with Crippen LogP contribution in [0.2, 0.25) is 0 Å². The minimum Gasteiger partial charge on any atom is -0.395 e. The number of rotatable bonds is 5. The molecule has 2 N–H and O–H groups in total. The number of aliphatic hydroxyl groups excluding tert-OH is 1. The van der Waals surface area contributed by atoms with Gasteiger partial charge < -0.3 is 15.3 Å². The fourth-order valence-electron chi connectivity index (χ4n) is 2.37. The van der Waals surface area contributed by atoms with Crippen LogP contribution in [-0.4, -0.2) is 35.0 Å². The summed E-state index contributed by atoms with van der Waals surface area (Å²) in [5.74, 6) is -1.36. The summed E-state index contributed by atoms with van der Waals surface area (Å²) in [6.07, 6.45) is 0. The van der Waals surface area contributed by atoms with Gasteiger partial charge in [-0.1, -0.05) is 42.5 Å². The molecule has 0 saturated heterocycles. The Bertz CT molecular complexity index is 714. The van der Waals surface area contributed by atoms with Crippen LogP contribution in [-0.2, 0) is 16.1 Å². The average Bonchev–Trinajstić information content (AvgIpc) is 2.58. The third-order valence-electron chi connectivity index (χ3n) is 3.71. The molecule has 5 nitrogen and oxygen atoms in total. The summed E-state index contributed by atoms with van der Waals surface area (Å²) >= 11 is 0. The van der Waals surface area contributed by atoms with Crippen LogP contribution in [0.5, 0.6) is 0 Å². The molecule has 0 radical (unpaired) electrons. The van der Waals surface area contributed by atoms with E-state index in [2.05, 4.69) is 5.32 Å². The van der Waals surface area contributed by atoms with Crippen molar-refractivity contribution in [2.45, 2.75) is 20.4 Å². The molecule has 0 spiro atoms. The highest BCUT2D eigenvalue weighted by atomic mass is 16.3. The fourth-order valence-corrected chi connectivity index (χ4v) is 2.37. The van der Waals surface area contributed by atoms with Gasteiger partial charge >= 0.3 is 11.8 Å². The van der Waals surface area contributed by atoms with Gasteiger partial charge in [0.2, 0.25) is 0 Å². The van der Waals surface area contributed by atoms with E-state index < -0.39 is 11.8 Å². The van der Waals surface area contributed by atoms with E-state index in [0.717, 1.165) is 16.7 Å². The molecule has 24 heavy (non-hydrogen) atoms. The van der Waals surface area contributed by atoms with Crippen LogP contribution in [0.15, 0.2) is 48.5 Å². The SMILES string of the molecule is Cc1ccc(C)c(NC(=O)C(=O)N(CCO)Cc2ccccc2)c1. The predicted molar refractivity (Wildman–Crippen MR) is 93.5 cm³/mol. The normalized spacial score (nSPS) is 10.3. The van der Waals surface area contributed by atoms with E-state index >= 15 is 0 Å². The average molecular weight is 326 g/mol. The van der Waals surface area contributed by atoms with Crippen molar-refractivity contribution in [3.8, 4) is 0 Å². The molecule has 0 aromatic heterocycles. The quantitative estimate of drug-likeness (QED) is 0.828. The third kappa shape index (κ3) is 4.67. The van der Waals surface area contributed by atoms with Gasteiger partial charge in [0.1, 0.15) is 0 Å². The smallest absolute Gasteiger partial charge is 0.313 e. The summed E-state index contributed by atoms with van der Waals surface area (Å²) in [6, 6.07) is 15.0. The maximum Gasteiger partial charge on any atom is 0.313 e. The molecular weight excluding hydrogens is 304 g/mol. The number of carbonyl (C=O) groups is 2. The maximum atomic E-state index is 12.4. The van der Waals surface area contributed by atoms with Gasteiger partial charge in [-0.05, 0) is 36.6 Å². The molecule has 2 rings (SSSR count). The summed E-state index contributed by atoms with van der Waals surface area (Å²) in [5, 5.41) is 11.9. The molecule has 0 aliphatic rings. The number of hydrogen-bond donors (Lipinski definition) is 2. The van der Waals surface area contributed by atoms with Gasteiger partial charge in [-0.3, -0.25) is 9.59 Å². The molecule has 126 valence electrons. The van der Waals surface area contributed by atoms with E-state index in [1.54, 1.807) is 0 Å². The van der Waals surface area contributed by atoms with Crippen LogP contribution < -0.4 is 5.32 Å². The molecule has 0 bridgehead atoms. The number of amides is 2. The standard InChI is InChI=1S/C19H22N2O3/c1-14-8-9-15(2)17(12-14)20-18(23)19(24)21(10-11-22)13-16-6-4-3-5-7-16/h3-9,12,22H,10-11,13H2,1-2H3,(H,20,23). The lowest BCUT2D eigenvalue weighted by molar-refractivity contribution is -0.143. The Balaban J connectivity index is 2.10. The number of aryl methyl sites for hydroxylation is 2. The topological polar surface area (TPSA) is 69.6 Å². The van der Waals surface area contributed by atoms with Crippen LogP contribution >= 0.6 is 0 Å². The van der Waals surface area contributed by atoms with Gasteiger partial charge in [0.05, 0.1) is 6.61 Å². The second-order valence-corrected chi connectivity index (χ2v) is 5.71. The number of benzene rings is 2. The monoisotopic (exact) mass is 326 g/mol. The molecule has 0 unspecified atom stereocenters. The van der Waals surface area contributed by atoms with Crippen LogP contribution in [0.3, 0.4) is 0 Å². The summed E-state index contributed by atoms with van der Waals surface area (Å²) < 4.78 is 0. The van der Waals surface area contributed by atoms with Crippen LogP contribution in [0.25, 0.3) is 0 Å². The largest absolute Gasteiger partial charge is 0.395 e. The summed E-state index contributed by atoms with van der Waals surface area (Å²) in [6.45, 7) is 3.98. The van der Waals surface area contributed by atoms with Crippen LogP contribution in [0.1, 0.15) is 16.7 Å². The van der Waals surface area contributed by atoms with Gasteiger partial charge in [0.25, 0.3) is 0 Å². The molecule has 2 amide bonds. The molecular formula is C19H22N2O3. The molecule has 0 heterocycles. The van der Waals surface area contributed by atoms with Crippen molar-refractivity contribution < 1.29 is 14.7 Å². The molecule has 5 heteroatoms. The molecule has 2 aromatic carbocycles. The number of carbonyl (C=O) groups excluding carboxylic acids is 2. The van der Waals surface area contributed by atoms with Crippen molar-refractivity contribution in [3.63, 3.8) is 0 Å². The lowest BCUT2D eigenvalue weighted by atomic mass is 10.1. The lowest BCUT2D eigenvalue weighted by Crippen LogP contribution is -2.40. The highest BCUT2D eigenvalue weighted by Gasteiger charge is 2.22. The highest BCUT2D eigenvalue weighted by Crippen LogP contribution is 2.16. The first kappa shape index (κ1) is 17.7. The Morgan fingerprint density at radius 2 is 1.79 bits per heavy atom. The number of aliphatic hydroxyl groups is 1. The predicted octanol–water partition coefficient (Wildman–Crippen LogP) is 2.26. The van der Waals surface area contributed by atoms with Crippen molar-refractivity contribution in [3.05, 3.63) is 65.2 Å². The first-order valence-electron chi connectivity index (χ1n) is 7.83. The summed E-state index contributed by atoms with van der Waals surface area (Å²) in [4.78, 5) is 26.1. The molecule has 0 saturated carbocycles. The Hall–Kier alpha value is -2.66. The van der Waals surface area contributed by atoms with Crippen molar-refractivity contribution in [1.82, 2.24) is 4.90 Å². The van der Waals surface area contributed by atoms with Crippen molar-refractivity contribution in [2.75, 3.05) is 18.5 Å². The molecule has 0 fully saturated rings. The molecule has 0 aliphatic heterocycles. The molecule has 2 aromatic rings. The Labute approximate surface area is 141 Å². The Kier molecular flexibility index (Phi) is 6.09. The number of anilines is 1. The minimum atomic E-state index is -0.701. The van der Waals surface area contributed by atoms with Gasteiger partial charge in [-0.15, -0.1) is 0 Å². The maximum absolute atomic E-state index is 12.4. The number of nitrogens with one attached hydrogen (secondary N) is 1. The van der Waals surface area contributed by atoms with Crippen LogP contribution in [0.4, 0.5) is 5.69 Å². The summed E-state index contributed by atoms with van der Waals surface area (Å²) in [5.41, 5.74) is 3.41. The van der Waals surface area contributed by atoms with Crippen molar-refractivity contribution >= 4 is 17.5 Å². The van der Waals surface area contributed by atoms with E-state index in [9.17, 15) is 14.7 Å². The van der Waals surface area contributed by atoms with E-state index in [0.29, 0.717) is 5.69 Å². The van der Waals surface area contributed by atoms with Crippen molar-refractivity contribution in [1.29, 1.82) is 0 Å². The van der Waals surface area contributed by atoms with E-state index in [1.807, 2.05) is 62.4 Å². The zero-order valence-electron chi connectivity index (χ0n) is 14.0. The van der Waals surface area contributed by atoms with E-state index in [4.69, 9.17) is 0 Å². The lowest BCUT2D eigenvalue weighted by Gasteiger charge is -2.21. The molecule has 0 atom stereocenters. The zero-order chi connectivity index (χ0) is 17.5. The van der Waals surface area contributed by atoms with E-state index in [1.165, 1.54) is 4.90 Å². The van der Waals surface area contributed by atoms with Gasteiger partial charge in [-0.2, -0.15) is 0 Å². The Morgan fingerprint density at radius 1 is 1.08 bits per heavy atom. The van der Waals surface area contributed by atoms with Crippen LogP contribution in [0, 0.1) is 13.8 Å². The first-order valence-corrected chi connectivity index (χ1v) is 7.83. The number of nitrogens with zero attached hydrogens (tertiary/aromatic N) is 1. The fraction of sp³-hybridized carbons (Fsp3) is 0.263. The van der Waals surface area contributed by atoms with Crippen molar-refractivity contribution in [2.24, 2.45) is 0 Å². The molecule has 0 aliphatic carbocycles. The highest BCUT2D eigenvalue weighted by molar-refractivity contribution is 6.39. The first-order chi connectivity index (χ1) is 11.5. The van der Waals surface area contributed by atoms with Gasteiger partial charge in [0, 0.05) is 18.8 Å². The minimum absolute atomic E-state index is 0.105. The van der Waals surface area contributed by atoms with Gasteiger partial charge in [-0.25, -0.2) is 0 Å². The Morgan fingerprint density at radius 3 is 2.46 bits per heavy atom. The number of hydrogen-bond acceptors (Lipinski definition) is 3. The second-order valence-electron chi connectivity index (χ2n) is 5.71.